The van der Waals surface area contributed by atoms with Crippen molar-refractivity contribution in [1.29, 1.82) is 0 Å². The Labute approximate surface area is 102 Å². The Balaban J connectivity index is 2.69. The van der Waals surface area contributed by atoms with Gasteiger partial charge in [-0.2, -0.15) is 0 Å². The van der Waals surface area contributed by atoms with E-state index in [-0.39, 0.29) is 12.2 Å². The van der Waals surface area contributed by atoms with E-state index in [0.29, 0.717) is 13.0 Å². The zero-order chi connectivity index (χ0) is 13.2. The van der Waals surface area contributed by atoms with Gasteiger partial charge in [0.1, 0.15) is 5.60 Å². The number of carbonyl (C=O) groups excluding carboxylic acids is 2. The molecule has 0 aromatic carbocycles. The van der Waals surface area contributed by atoms with Gasteiger partial charge >= 0.3 is 6.09 Å². The van der Waals surface area contributed by atoms with Crippen molar-refractivity contribution in [2.24, 2.45) is 0 Å². The lowest BCUT2D eigenvalue weighted by Gasteiger charge is -2.28. The summed E-state index contributed by atoms with van der Waals surface area (Å²) in [4.78, 5) is 24.9. The molecule has 0 bridgehead atoms. The van der Waals surface area contributed by atoms with Crippen LogP contribution in [-0.2, 0) is 9.53 Å². The Morgan fingerprint density at radius 2 is 2.18 bits per heavy atom. The summed E-state index contributed by atoms with van der Waals surface area (Å²) in [6.07, 6.45) is -0.463. The topological polar surface area (TPSA) is 66.8 Å². The smallest absolute Gasteiger partial charge is 0.410 e. The summed E-state index contributed by atoms with van der Waals surface area (Å²) in [6.45, 7) is 7.34. The lowest BCUT2D eigenvalue weighted by Crippen LogP contribution is -2.42. The van der Waals surface area contributed by atoms with Crippen LogP contribution >= 0.6 is 0 Å². The SMILES string of the molecule is CC(O)CC1C(=O)CCN1C(=O)OC(C)(C)C. The van der Waals surface area contributed by atoms with Crippen LogP contribution in [0.1, 0.15) is 40.5 Å². The van der Waals surface area contributed by atoms with E-state index >= 15 is 0 Å². The van der Waals surface area contributed by atoms with Crippen LogP contribution in [0.2, 0.25) is 0 Å². The minimum absolute atomic E-state index is 0.00300. The second kappa shape index (κ2) is 5.04. The molecule has 1 aliphatic rings. The van der Waals surface area contributed by atoms with Gasteiger partial charge in [0, 0.05) is 19.4 Å². The molecular formula is C12H21NO4. The van der Waals surface area contributed by atoms with Gasteiger partial charge in [0.15, 0.2) is 5.78 Å². The molecule has 1 aliphatic heterocycles. The average Bonchev–Trinajstić information content (AvgIpc) is 2.44. The van der Waals surface area contributed by atoms with Gasteiger partial charge in [-0.25, -0.2) is 4.79 Å². The number of hydrogen-bond acceptors (Lipinski definition) is 4. The quantitative estimate of drug-likeness (QED) is 0.794. The maximum Gasteiger partial charge on any atom is 0.410 e. The third-order valence-electron chi connectivity index (χ3n) is 2.54. The number of carbonyl (C=O) groups is 2. The molecule has 1 amide bonds. The van der Waals surface area contributed by atoms with Crippen LogP contribution in [-0.4, -0.2) is 46.2 Å². The Bertz CT molecular complexity index is 306. The predicted octanol–water partition coefficient (Wildman–Crippen LogP) is 1.34. The van der Waals surface area contributed by atoms with Gasteiger partial charge in [-0.1, -0.05) is 0 Å². The van der Waals surface area contributed by atoms with Crippen molar-refractivity contribution < 1.29 is 19.4 Å². The summed E-state index contributed by atoms with van der Waals surface area (Å²) >= 11 is 0. The van der Waals surface area contributed by atoms with Gasteiger partial charge in [0.25, 0.3) is 0 Å². The standard InChI is InChI=1S/C12H21NO4/c1-8(14)7-9-10(15)5-6-13(9)11(16)17-12(2,3)4/h8-9,14H,5-7H2,1-4H3. The number of likely N-dealkylation sites (tertiary alicyclic amines) is 1. The molecule has 5 nitrogen and oxygen atoms in total. The first-order chi connectivity index (χ1) is 7.70. The molecule has 0 aromatic rings. The van der Waals surface area contributed by atoms with Crippen LogP contribution in [0.4, 0.5) is 4.79 Å². The second-order valence-electron chi connectivity index (χ2n) is 5.49. The molecule has 1 N–H and O–H groups in total. The first-order valence-corrected chi connectivity index (χ1v) is 5.91. The summed E-state index contributed by atoms with van der Waals surface area (Å²) in [5, 5.41) is 9.33. The molecule has 2 atom stereocenters. The van der Waals surface area contributed by atoms with E-state index in [1.165, 1.54) is 4.90 Å². The van der Waals surface area contributed by atoms with Crippen LogP contribution < -0.4 is 0 Å². The number of ketones is 1. The van der Waals surface area contributed by atoms with Crippen molar-refractivity contribution in [2.45, 2.75) is 58.3 Å². The predicted molar refractivity (Wildman–Crippen MR) is 62.6 cm³/mol. The third-order valence-corrected chi connectivity index (χ3v) is 2.54. The van der Waals surface area contributed by atoms with Gasteiger partial charge in [0.2, 0.25) is 0 Å². The summed E-state index contributed by atoms with van der Waals surface area (Å²) in [5.74, 6) is -0.00300. The Morgan fingerprint density at radius 3 is 2.65 bits per heavy atom. The van der Waals surface area contributed by atoms with Gasteiger partial charge in [0.05, 0.1) is 12.1 Å². The molecule has 1 saturated heterocycles. The second-order valence-corrected chi connectivity index (χ2v) is 5.49. The van der Waals surface area contributed by atoms with Crippen molar-refractivity contribution in [1.82, 2.24) is 4.90 Å². The maximum absolute atomic E-state index is 11.9. The molecule has 2 unspecified atom stereocenters. The fraction of sp³-hybridized carbons (Fsp3) is 0.833. The Kier molecular flexibility index (Phi) is 4.14. The van der Waals surface area contributed by atoms with Crippen LogP contribution in [0.3, 0.4) is 0 Å². The molecule has 0 spiro atoms. The van der Waals surface area contributed by atoms with Crippen LogP contribution in [0.25, 0.3) is 0 Å². The summed E-state index contributed by atoms with van der Waals surface area (Å²) < 4.78 is 5.23. The van der Waals surface area contributed by atoms with Crippen molar-refractivity contribution in [3.8, 4) is 0 Å². The van der Waals surface area contributed by atoms with E-state index < -0.39 is 23.8 Å². The molecule has 0 radical (unpaired) electrons. The monoisotopic (exact) mass is 243 g/mol. The molecule has 0 aromatic heterocycles. The minimum atomic E-state index is -0.605. The number of amides is 1. The average molecular weight is 243 g/mol. The highest BCUT2D eigenvalue weighted by Crippen LogP contribution is 2.21. The van der Waals surface area contributed by atoms with Crippen molar-refractivity contribution >= 4 is 11.9 Å². The van der Waals surface area contributed by atoms with E-state index in [2.05, 4.69) is 0 Å². The molecule has 0 saturated carbocycles. The van der Waals surface area contributed by atoms with Gasteiger partial charge < -0.3 is 9.84 Å². The molecular weight excluding hydrogens is 222 g/mol. The first kappa shape index (κ1) is 14.0. The number of aliphatic hydroxyl groups excluding tert-OH is 1. The van der Waals surface area contributed by atoms with E-state index in [9.17, 15) is 14.7 Å². The maximum atomic E-state index is 11.9. The summed E-state index contributed by atoms with van der Waals surface area (Å²) in [7, 11) is 0. The highest BCUT2D eigenvalue weighted by atomic mass is 16.6. The largest absolute Gasteiger partial charge is 0.444 e. The molecule has 98 valence electrons. The number of nitrogens with zero attached hydrogens (tertiary/aromatic N) is 1. The molecule has 1 fully saturated rings. The molecule has 1 heterocycles. The normalized spacial score (nSPS) is 22.8. The lowest BCUT2D eigenvalue weighted by atomic mass is 10.1. The van der Waals surface area contributed by atoms with E-state index in [1.54, 1.807) is 27.7 Å². The summed E-state index contributed by atoms with van der Waals surface area (Å²) in [5.41, 5.74) is -0.571. The van der Waals surface area contributed by atoms with Crippen LogP contribution in [0, 0.1) is 0 Å². The summed E-state index contributed by atoms with van der Waals surface area (Å²) in [6, 6.07) is -0.537. The van der Waals surface area contributed by atoms with Crippen molar-refractivity contribution in [3.05, 3.63) is 0 Å². The molecule has 17 heavy (non-hydrogen) atoms. The zero-order valence-corrected chi connectivity index (χ0v) is 10.9. The minimum Gasteiger partial charge on any atom is -0.444 e. The number of hydrogen-bond donors (Lipinski definition) is 1. The lowest BCUT2D eigenvalue weighted by molar-refractivity contribution is -0.120. The van der Waals surface area contributed by atoms with Gasteiger partial charge in [-0.3, -0.25) is 9.69 Å². The van der Waals surface area contributed by atoms with E-state index in [1.807, 2.05) is 0 Å². The zero-order valence-electron chi connectivity index (χ0n) is 10.9. The number of ether oxygens (including phenoxy) is 1. The third kappa shape index (κ3) is 4.00. The molecule has 5 heteroatoms. The highest BCUT2D eigenvalue weighted by Gasteiger charge is 2.38. The van der Waals surface area contributed by atoms with Gasteiger partial charge in [-0.05, 0) is 27.7 Å². The van der Waals surface area contributed by atoms with Crippen molar-refractivity contribution in [2.75, 3.05) is 6.54 Å². The number of aliphatic hydroxyl groups is 1. The fourth-order valence-electron chi connectivity index (χ4n) is 1.85. The van der Waals surface area contributed by atoms with E-state index in [4.69, 9.17) is 4.74 Å². The van der Waals surface area contributed by atoms with E-state index in [0.717, 1.165) is 0 Å². The van der Waals surface area contributed by atoms with Gasteiger partial charge in [-0.15, -0.1) is 0 Å². The van der Waals surface area contributed by atoms with Crippen LogP contribution in [0.5, 0.6) is 0 Å². The Hall–Kier alpha value is -1.10. The molecule has 1 rings (SSSR count). The highest BCUT2D eigenvalue weighted by molar-refractivity contribution is 5.90. The first-order valence-electron chi connectivity index (χ1n) is 5.91. The van der Waals surface area contributed by atoms with Crippen LogP contribution in [0.15, 0.2) is 0 Å². The van der Waals surface area contributed by atoms with Crippen molar-refractivity contribution in [3.63, 3.8) is 0 Å². The molecule has 0 aliphatic carbocycles. The number of rotatable bonds is 2. The Morgan fingerprint density at radius 1 is 1.59 bits per heavy atom. The number of Topliss-reactive ketones (excluding diaryl/α,β-unsaturated/α-hetero) is 1. The fourth-order valence-corrected chi connectivity index (χ4v) is 1.85.